The third-order valence-corrected chi connectivity index (χ3v) is 4.99. The quantitative estimate of drug-likeness (QED) is 0.488. The van der Waals surface area contributed by atoms with Gasteiger partial charge >= 0.3 is 0 Å². The van der Waals surface area contributed by atoms with Crippen molar-refractivity contribution in [2.75, 3.05) is 27.0 Å². The number of rotatable bonds is 6. The van der Waals surface area contributed by atoms with Gasteiger partial charge in [0.05, 0.1) is 6.61 Å². The molecule has 1 rings (SSSR count). The molecule has 0 aromatic rings. The predicted molar refractivity (Wildman–Crippen MR) is 66.8 cm³/mol. The minimum absolute atomic E-state index is 0.282. The summed E-state index contributed by atoms with van der Waals surface area (Å²) in [5.41, 5.74) is 0. The van der Waals surface area contributed by atoms with Crippen LogP contribution < -0.4 is 4.89 Å². The average molecular weight is 279 g/mol. The van der Waals surface area contributed by atoms with Crippen molar-refractivity contribution in [1.29, 1.82) is 0 Å². The normalized spacial score (nSPS) is 36.9. The van der Waals surface area contributed by atoms with Crippen molar-refractivity contribution < 1.29 is 23.6 Å². The highest BCUT2D eigenvalue weighted by atomic mass is 32.5. The maximum Gasteiger partial charge on any atom is 0.117 e. The Balaban J connectivity index is 2.77. The van der Waals surface area contributed by atoms with Gasteiger partial charge in [0.1, 0.15) is 26.2 Å². The minimum atomic E-state index is -3.05. The molecule has 0 aliphatic carbocycles. The van der Waals surface area contributed by atoms with Crippen molar-refractivity contribution in [3.63, 3.8) is 0 Å². The topological polar surface area (TPSA) is 60.0 Å². The molecule has 0 spiro atoms. The molecule has 0 aromatic heterocycles. The lowest BCUT2D eigenvalue weighted by Gasteiger charge is -2.33. The first kappa shape index (κ1) is 15.6. The summed E-state index contributed by atoms with van der Waals surface area (Å²) in [4.78, 5) is 11.9. The first-order valence-corrected chi connectivity index (χ1v) is 8.18. The van der Waals surface area contributed by atoms with E-state index in [1.165, 1.54) is 7.11 Å². The van der Waals surface area contributed by atoms with E-state index in [4.69, 9.17) is 38.4 Å². The van der Waals surface area contributed by atoms with Crippen molar-refractivity contribution in [3.05, 3.63) is 0 Å². The van der Waals surface area contributed by atoms with E-state index in [2.05, 4.69) is 0 Å². The van der Waals surface area contributed by atoms with Crippen LogP contribution in [0.5, 0.6) is 0 Å². The Morgan fingerprint density at radius 1 is 1.41 bits per heavy atom. The minimum Gasteiger partial charge on any atom is -0.801 e. The molecule has 0 aromatic carbocycles. The molecule has 17 heavy (non-hydrogen) atoms. The van der Waals surface area contributed by atoms with Gasteiger partial charge in [0.2, 0.25) is 0 Å². The van der Waals surface area contributed by atoms with Crippen LogP contribution in [0.4, 0.5) is 0 Å². The second-order valence-electron chi connectivity index (χ2n) is 3.79. The number of hydrogen-bond acceptors (Lipinski definition) is 6. The maximum absolute atomic E-state index is 11.9. The summed E-state index contributed by atoms with van der Waals surface area (Å²) in [7, 11) is 8.79. The highest BCUT2D eigenvalue weighted by Gasteiger charge is 2.43. The molecule has 1 fully saturated rings. The van der Waals surface area contributed by atoms with Crippen LogP contribution in [0.15, 0.2) is 0 Å². The smallest absolute Gasteiger partial charge is 0.117 e. The van der Waals surface area contributed by atoms with Crippen LogP contribution in [-0.2, 0) is 30.5 Å². The zero-order chi connectivity index (χ0) is 13.1. The fourth-order valence-electron chi connectivity index (χ4n) is 1.71. The summed E-state index contributed by atoms with van der Waals surface area (Å²) in [5.74, 6) is 0. The van der Waals surface area contributed by atoms with Crippen LogP contribution >= 0.6 is 6.49 Å². The summed E-state index contributed by atoms with van der Waals surface area (Å²) in [5, 5.41) is 0. The van der Waals surface area contributed by atoms with E-state index in [9.17, 15) is 4.89 Å². The summed E-state index contributed by atoms with van der Waals surface area (Å²) < 4.78 is 21.1. The SMILES string of the molecule is [B][C@@H]1O[C@H](COC)C(OP([O-])(=S)CC)[C@@H]1OC. The van der Waals surface area contributed by atoms with Crippen molar-refractivity contribution in [2.45, 2.75) is 31.2 Å². The standard InChI is InChI=1S/C9H18BO5PS/c1-4-16(11,17)15-7-6(5-12-2)14-9(10)8(7)13-3/h6-9H,4-5H2,1-3H3,(H,11,17)/p-1/t6-,7?,8+,9-,16?/m1/s1. The highest BCUT2D eigenvalue weighted by Crippen LogP contribution is 2.42. The molecule has 0 N–H and O–H groups in total. The Bertz CT molecular complexity index is 293. The summed E-state index contributed by atoms with van der Waals surface area (Å²) in [6, 6.07) is -0.628. The third kappa shape index (κ3) is 3.99. The van der Waals surface area contributed by atoms with Crippen LogP contribution in [0.2, 0.25) is 0 Å². The van der Waals surface area contributed by atoms with E-state index in [0.717, 1.165) is 0 Å². The van der Waals surface area contributed by atoms with Crippen molar-refractivity contribution >= 4 is 26.1 Å². The van der Waals surface area contributed by atoms with Gasteiger partial charge in [-0.2, -0.15) is 0 Å². The molecule has 5 nitrogen and oxygen atoms in total. The average Bonchev–Trinajstić information content (AvgIpc) is 2.55. The Morgan fingerprint density at radius 3 is 2.53 bits per heavy atom. The van der Waals surface area contributed by atoms with Crippen molar-refractivity contribution in [3.8, 4) is 0 Å². The van der Waals surface area contributed by atoms with Gasteiger partial charge in [-0.1, -0.05) is 18.7 Å². The molecule has 8 heteroatoms. The molecule has 1 saturated heterocycles. The van der Waals surface area contributed by atoms with Gasteiger partial charge < -0.3 is 23.6 Å². The first-order valence-electron chi connectivity index (χ1n) is 5.36. The molecule has 0 amide bonds. The third-order valence-electron chi connectivity index (χ3n) is 2.62. The summed E-state index contributed by atoms with van der Waals surface area (Å²) in [6.45, 7) is -1.04. The monoisotopic (exact) mass is 279 g/mol. The van der Waals surface area contributed by atoms with E-state index in [1.807, 2.05) is 0 Å². The van der Waals surface area contributed by atoms with Gasteiger partial charge in [-0.05, 0) is 12.7 Å². The van der Waals surface area contributed by atoms with Crippen LogP contribution in [-0.4, -0.2) is 59.1 Å². The number of ether oxygens (including phenoxy) is 3. The zero-order valence-electron chi connectivity index (χ0n) is 10.2. The van der Waals surface area contributed by atoms with Gasteiger partial charge in [-0.25, -0.2) is 0 Å². The van der Waals surface area contributed by atoms with Gasteiger partial charge in [0.25, 0.3) is 0 Å². The van der Waals surface area contributed by atoms with E-state index in [-0.39, 0.29) is 12.8 Å². The Kier molecular flexibility index (Phi) is 6.06. The van der Waals surface area contributed by atoms with E-state index in [1.54, 1.807) is 14.0 Å². The second-order valence-corrected chi connectivity index (χ2v) is 7.53. The lowest BCUT2D eigenvalue weighted by molar-refractivity contribution is -0.190. The van der Waals surface area contributed by atoms with Crippen LogP contribution in [0.25, 0.3) is 0 Å². The predicted octanol–water partition coefficient (Wildman–Crippen LogP) is -0.384. The molecule has 2 unspecified atom stereocenters. The Hall–Kier alpha value is 0.515. The van der Waals surface area contributed by atoms with E-state index < -0.39 is 30.8 Å². The molecule has 98 valence electrons. The molecule has 1 aliphatic heterocycles. The molecule has 0 saturated carbocycles. The van der Waals surface area contributed by atoms with E-state index >= 15 is 0 Å². The lowest BCUT2D eigenvalue weighted by atomic mass is 9.93. The van der Waals surface area contributed by atoms with Gasteiger partial charge in [0.15, 0.2) is 0 Å². The molecular weight excluding hydrogens is 262 g/mol. The Labute approximate surface area is 108 Å². The largest absolute Gasteiger partial charge is 0.801 e. The molecule has 2 radical (unpaired) electrons. The molecule has 1 heterocycles. The fraction of sp³-hybridized carbons (Fsp3) is 1.00. The van der Waals surface area contributed by atoms with Crippen LogP contribution in [0, 0.1) is 0 Å². The van der Waals surface area contributed by atoms with Gasteiger partial charge in [-0.15, -0.1) is 0 Å². The number of hydrogen-bond donors (Lipinski definition) is 0. The zero-order valence-corrected chi connectivity index (χ0v) is 11.9. The molecule has 0 bridgehead atoms. The van der Waals surface area contributed by atoms with Crippen LogP contribution in [0.3, 0.4) is 0 Å². The van der Waals surface area contributed by atoms with E-state index in [0.29, 0.717) is 0 Å². The van der Waals surface area contributed by atoms with Crippen molar-refractivity contribution in [1.82, 2.24) is 0 Å². The molecular formula is C9H17BO5PS-. The second kappa shape index (κ2) is 6.61. The summed E-state index contributed by atoms with van der Waals surface area (Å²) >= 11 is 4.90. The van der Waals surface area contributed by atoms with Gasteiger partial charge in [0, 0.05) is 20.2 Å². The van der Waals surface area contributed by atoms with Crippen molar-refractivity contribution in [2.24, 2.45) is 0 Å². The maximum atomic E-state index is 11.9. The van der Waals surface area contributed by atoms with Gasteiger partial charge in [-0.3, -0.25) is 0 Å². The lowest BCUT2D eigenvalue weighted by Crippen LogP contribution is -2.38. The summed E-state index contributed by atoms with van der Waals surface area (Å²) in [6.07, 6.45) is -1.18. The Morgan fingerprint density at radius 2 is 2.06 bits per heavy atom. The number of methoxy groups -OCH3 is 2. The highest BCUT2D eigenvalue weighted by molar-refractivity contribution is 8.08. The fourth-order valence-corrected chi connectivity index (χ4v) is 2.78. The molecule has 5 atom stereocenters. The van der Waals surface area contributed by atoms with Crippen LogP contribution in [0.1, 0.15) is 6.92 Å². The molecule has 1 aliphatic rings. The first-order chi connectivity index (χ1) is 7.95.